The second-order valence-corrected chi connectivity index (χ2v) is 4.85. The fourth-order valence-corrected chi connectivity index (χ4v) is 2.62. The Morgan fingerprint density at radius 3 is 2.53 bits per heavy atom. The average molecular weight is 250 g/mol. The maximum atomic E-state index is 5.98. The molecule has 1 aliphatic heterocycles. The maximum Gasteiger partial charge on any atom is 0.0663 e. The molecule has 0 aliphatic carbocycles. The van der Waals surface area contributed by atoms with Crippen LogP contribution in [0.3, 0.4) is 0 Å². The minimum atomic E-state index is 0.241. The topological polar surface area (TPSA) is 29.3 Å². The maximum absolute atomic E-state index is 5.98. The average Bonchev–Trinajstić information content (AvgIpc) is 2.49. The van der Waals surface area contributed by atoms with E-state index in [0.717, 1.165) is 6.54 Å². The molecule has 96 valence electrons. The van der Waals surface area contributed by atoms with Crippen LogP contribution in [-0.2, 0) is 6.54 Å². The molecule has 1 aliphatic rings. The number of rotatable bonds is 3. The highest BCUT2D eigenvalue weighted by atomic mass is 15.1. The van der Waals surface area contributed by atoms with Gasteiger partial charge in [-0.25, -0.2) is 0 Å². The van der Waals surface area contributed by atoms with Gasteiger partial charge in [0.15, 0.2) is 0 Å². The third kappa shape index (κ3) is 2.40. The lowest BCUT2D eigenvalue weighted by Crippen LogP contribution is -2.30. The number of nitrogens with zero attached hydrogens (tertiary/aromatic N) is 1. The number of benzene rings is 2. The van der Waals surface area contributed by atoms with Crippen molar-refractivity contribution in [2.45, 2.75) is 12.6 Å². The van der Waals surface area contributed by atoms with E-state index in [2.05, 4.69) is 65.7 Å². The monoisotopic (exact) mass is 250 g/mol. The third-order valence-corrected chi connectivity index (χ3v) is 3.66. The molecule has 0 amide bonds. The van der Waals surface area contributed by atoms with E-state index in [1.807, 2.05) is 6.07 Å². The molecule has 3 rings (SSSR count). The number of hydrogen-bond acceptors (Lipinski definition) is 2. The van der Waals surface area contributed by atoms with Crippen LogP contribution in [0.2, 0.25) is 0 Å². The Bertz CT molecular complexity index is 575. The van der Waals surface area contributed by atoms with Gasteiger partial charge in [-0.15, -0.1) is 0 Å². The fraction of sp³-hybridized carbons (Fsp3) is 0.176. The van der Waals surface area contributed by atoms with Crippen LogP contribution in [0.5, 0.6) is 0 Å². The summed E-state index contributed by atoms with van der Waals surface area (Å²) in [6, 6.07) is 19.2. The van der Waals surface area contributed by atoms with E-state index in [9.17, 15) is 0 Å². The molecule has 0 unspecified atom stereocenters. The first kappa shape index (κ1) is 12.0. The molecule has 2 heteroatoms. The van der Waals surface area contributed by atoms with E-state index in [1.54, 1.807) is 0 Å². The van der Waals surface area contributed by atoms with Crippen molar-refractivity contribution in [3.63, 3.8) is 0 Å². The standard InChI is InChI=1S/C17H18N2/c18-12-17(15-7-2-1-3-8-15)19-11-10-14-6-4-5-9-16(14)13-19/h1-11,17H,12-13,18H2/t17-/m1/s1. The van der Waals surface area contributed by atoms with Crippen molar-refractivity contribution in [3.05, 3.63) is 77.5 Å². The Morgan fingerprint density at radius 2 is 1.74 bits per heavy atom. The second-order valence-electron chi connectivity index (χ2n) is 4.85. The van der Waals surface area contributed by atoms with E-state index in [0.29, 0.717) is 6.54 Å². The molecule has 19 heavy (non-hydrogen) atoms. The van der Waals surface area contributed by atoms with Crippen molar-refractivity contribution in [2.24, 2.45) is 5.73 Å². The third-order valence-electron chi connectivity index (χ3n) is 3.66. The zero-order valence-corrected chi connectivity index (χ0v) is 10.9. The minimum absolute atomic E-state index is 0.241. The van der Waals surface area contributed by atoms with Gasteiger partial charge in [0.05, 0.1) is 6.04 Å². The van der Waals surface area contributed by atoms with Crippen LogP contribution in [0.1, 0.15) is 22.7 Å². The SMILES string of the molecule is NC[C@H](c1ccccc1)N1C=Cc2ccccc2C1. The molecule has 0 saturated heterocycles. The summed E-state index contributed by atoms with van der Waals surface area (Å²) in [4.78, 5) is 2.32. The van der Waals surface area contributed by atoms with Gasteiger partial charge >= 0.3 is 0 Å². The van der Waals surface area contributed by atoms with Crippen LogP contribution < -0.4 is 5.73 Å². The van der Waals surface area contributed by atoms with Crippen LogP contribution in [0.25, 0.3) is 6.08 Å². The molecule has 2 aromatic rings. The highest BCUT2D eigenvalue weighted by molar-refractivity contribution is 5.55. The van der Waals surface area contributed by atoms with Gasteiger partial charge in [0, 0.05) is 19.3 Å². The molecule has 0 saturated carbocycles. The van der Waals surface area contributed by atoms with Gasteiger partial charge in [-0.2, -0.15) is 0 Å². The van der Waals surface area contributed by atoms with E-state index < -0.39 is 0 Å². The number of hydrogen-bond donors (Lipinski definition) is 1. The normalized spacial score (nSPS) is 15.1. The molecular formula is C17H18N2. The van der Waals surface area contributed by atoms with Gasteiger partial charge in [-0.1, -0.05) is 54.6 Å². The van der Waals surface area contributed by atoms with Gasteiger partial charge in [0.25, 0.3) is 0 Å². The molecular weight excluding hydrogens is 232 g/mol. The minimum Gasteiger partial charge on any atom is -0.365 e. The number of fused-ring (bicyclic) bond motifs is 1. The van der Waals surface area contributed by atoms with E-state index in [4.69, 9.17) is 5.73 Å². The summed E-state index contributed by atoms with van der Waals surface area (Å²) in [6.45, 7) is 1.54. The van der Waals surface area contributed by atoms with Crippen molar-refractivity contribution in [1.82, 2.24) is 4.90 Å². The predicted molar refractivity (Wildman–Crippen MR) is 79.3 cm³/mol. The number of nitrogens with two attached hydrogens (primary N) is 1. The molecule has 0 fully saturated rings. The van der Waals surface area contributed by atoms with Gasteiger partial charge in [0.1, 0.15) is 0 Å². The zero-order chi connectivity index (χ0) is 13.1. The fourth-order valence-electron chi connectivity index (χ4n) is 2.62. The van der Waals surface area contributed by atoms with Gasteiger partial charge < -0.3 is 10.6 Å². The van der Waals surface area contributed by atoms with Crippen LogP contribution in [-0.4, -0.2) is 11.4 Å². The Morgan fingerprint density at radius 1 is 1.00 bits per heavy atom. The van der Waals surface area contributed by atoms with Crippen LogP contribution in [0.4, 0.5) is 0 Å². The Hall–Kier alpha value is -2.06. The van der Waals surface area contributed by atoms with Crippen LogP contribution >= 0.6 is 0 Å². The lowest BCUT2D eigenvalue weighted by Gasteiger charge is -2.33. The molecule has 1 heterocycles. The molecule has 2 nitrogen and oxygen atoms in total. The molecule has 0 aromatic heterocycles. The Balaban J connectivity index is 1.88. The summed E-state index contributed by atoms with van der Waals surface area (Å²) in [5.41, 5.74) is 9.92. The lowest BCUT2D eigenvalue weighted by atomic mass is 10.00. The molecule has 0 radical (unpaired) electrons. The van der Waals surface area contributed by atoms with Crippen LogP contribution in [0, 0.1) is 0 Å². The summed E-state index contributed by atoms with van der Waals surface area (Å²) < 4.78 is 0. The molecule has 1 atom stereocenters. The van der Waals surface area contributed by atoms with E-state index in [-0.39, 0.29) is 6.04 Å². The van der Waals surface area contributed by atoms with Crippen molar-refractivity contribution >= 4 is 6.08 Å². The summed E-state index contributed by atoms with van der Waals surface area (Å²) >= 11 is 0. The largest absolute Gasteiger partial charge is 0.365 e. The van der Waals surface area contributed by atoms with Crippen molar-refractivity contribution in [3.8, 4) is 0 Å². The summed E-state index contributed by atoms with van der Waals surface area (Å²) in [7, 11) is 0. The summed E-state index contributed by atoms with van der Waals surface area (Å²) in [6.07, 6.45) is 4.33. The lowest BCUT2D eigenvalue weighted by molar-refractivity contribution is 0.276. The van der Waals surface area contributed by atoms with Crippen molar-refractivity contribution < 1.29 is 0 Å². The molecule has 2 N–H and O–H groups in total. The van der Waals surface area contributed by atoms with E-state index >= 15 is 0 Å². The van der Waals surface area contributed by atoms with Crippen molar-refractivity contribution in [2.75, 3.05) is 6.54 Å². The van der Waals surface area contributed by atoms with Gasteiger partial charge in [0.2, 0.25) is 0 Å². The van der Waals surface area contributed by atoms with Crippen LogP contribution in [0.15, 0.2) is 60.8 Å². The van der Waals surface area contributed by atoms with Crippen molar-refractivity contribution in [1.29, 1.82) is 0 Å². The molecule has 2 aromatic carbocycles. The first-order valence-electron chi connectivity index (χ1n) is 6.65. The smallest absolute Gasteiger partial charge is 0.0663 e. The summed E-state index contributed by atoms with van der Waals surface area (Å²) in [5, 5.41) is 0. The summed E-state index contributed by atoms with van der Waals surface area (Å²) in [5.74, 6) is 0. The Kier molecular flexibility index (Phi) is 3.34. The molecule has 0 spiro atoms. The highest BCUT2D eigenvalue weighted by Crippen LogP contribution is 2.27. The first-order valence-corrected chi connectivity index (χ1v) is 6.65. The highest BCUT2D eigenvalue weighted by Gasteiger charge is 2.19. The molecule has 0 bridgehead atoms. The predicted octanol–water partition coefficient (Wildman–Crippen LogP) is 3.17. The second kappa shape index (κ2) is 5.29. The first-order chi connectivity index (χ1) is 9.38. The van der Waals surface area contributed by atoms with Gasteiger partial charge in [-0.3, -0.25) is 0 Å². The van der Waals surface area contributed by atoms with Gasteiger partial charge in [-0.05, 0) is 22.8 Å². The zero-order valence-electron chi connectivity index (χ0n) is 10.9. The van der Waals surface area contributed by atoms with E-state index in [1.165, 1.54) is 16.7 Å². The quantitative estimate of drug-likeness (QED) is 0.906. The Labute approximate surface area is 114 Å².